The minimum Gasteiger partial charge on any atom is -0.328 e. The number of nitrogens with zero attached hydrogens (tertiary/aromatic N) is 1. The summed E-state index contributed by atoms with van der Waals surface area (Å²) in [5.74, 6) is 0. The molecule has 0 fully saturated rings. The Bertz CT molecular complexity index is 274. The second kappa shape index (κ2) is 6.23. The highest BCUT2D eigenvalue weighted by Gasteiger charge is 2.05. The first kappa shape index (κ1) is 12.7. The van der Waals surface area contributed by atoms with Gasteiger partial charge in [-0.25, -0.2) is 4.98 Å². The van der Waals surface area contributed by atoms with Crippen molar-refractivity contribution in [1.29, 1.82) is 0 Å². The highest BCUT2D eigenvalue weighted by atomic mass is 32.1. The van der Waals surface area contributed by atoms with Crippen molar-refractivity contribution in [3.63, 3.8) is 0 Å². The Hall–Kier alpha value is -0.410. The third kappa shape index (κ3) is 4.31. The fourth-order valence-corrected chi connectivity index (χ4v) is 2.65. The highest BCUT2D eigenvalue weighted by Crippen LogP contribution is 2.18. The van der Waals surface area contributed by atoms with E-state index < -0.39 is 0 Å². The van der Waals surface area contributed by atoms with Gasteiger partial charge in [-0.05, 0) is 39.5 Å². The van der Waals surface area contributed by atoms with Gasteiger partial charge in [-0.15, -0.1) is 11.3 Å². The van der Waals surface area contributed by atoms with E-state index in [2.05, 4.69) is 25.8 Å². The molecule has 1 aromatic rings. The van der Waals surface area contributed by atoms with Gasteiger partial charge in [-0.2, -0.15) is 0 Å². The van der Waals surface area contributed by atoms with Crippen LogP contribution >= 0.6 is 11.3 Å². The van der Waals surface area contributed by atoms with E-state index in [1.54, 1.807) is 0 Å². The minimum absolute atomic E-state index is 0.386. The number of aryl methyl sites for hydroxylation is 3. The maximum Gasteiger partial charge on any atom is 0.0930 e. The van der Waals surface area contributed by atoms with Crippen LogP contribution in [0.3, 0.4) is 0 Å². The quantitative estimate of drug-likeness (QED) is 0.809. The summed E-state index contributed by atoms with van der Waals surface area (Å²) < 4.78 is 0. The molecule has 15 heavy (non-hydrogen) atoms. The van der Waals surface area contributed by atoms with Gasteiger partial charge in [0.25, 0.3) is 0 Å². The lowest BCUT2D eigenvalue weighted by atomic mass is 10.1. The van der Waals surface area contributed by atoms with Crippen molar-refractivity contribution in [2.75, 3.05) is 0 Å². The van der Waals surface area contributed by atoms with Crippen LogP contribution in [0.1, 0.15) is 48.2 Å². The molecule has 86 valence electrons. The van der Waals surface area contributed by atoms with E-state index in [-0.39, 0.29) is 0 Å². The normalized spacial score (nSPS) is 13.1. The Labute approximate surface area is 96.9 Å². The van der Waals surface area contributed by atoms with E-state index in [0.717, 1.165) is 19.3 Å². The summed E-state index contributed by atoms with van der Waals surface area (Å²) in [4.78, 5) is 5.88. The van der Waals surface area contributed by atoms with Crippen LogP contribution in [0.2, 0.25) is 0 Å². The number of hydrogen-bond acceptors (Lipinski definition) is 3. The largest absolute Gasteiger partial charge is 0.328 e. The van der Waals surface area contributed by atoms with Crippen LogP contribution in [-0.4, -0.2) is 11.0 Å². The fraction of sp³-hybridized carbons (Fsp3) is 0.750. The summed E-state index contributed by atoms with van der Waals surface area (Å²) in [5.41, 5.74) is 7.15. The van der Waals surface area contributed by atoms with Crippen molar-refractivity contribution in [2.45, 2.75) is 58.9 Å². The molecule has 0 bridgehead atoms. The Morgan fingerprint density at radius 2 is 2.07 bits per heavy atom. The van der Waals surface area contributed by atoms with E-state index in [9.17, 15) is 0 Å². The Kier molecular flexibility index (Phi) is 5.26. The molecule has 1 atom stereocenters. The third-order valence-electron chi connectivity index (χ3n) is 2.70. The minimum atomic E-state index is 0.386. The Balaban J connectivity index is 2.25. The summed E-state index contributed by atoms with van der Waals surface area (Å²) in [6, 6.07) is 0.386. The first-order chi connectivity index (χ1) is 7.13. The Morgan fingerprint density at radius 3 is 2.60 bits per heavy atom. The maximum atomic E-state index is 5.97. The standard InChI is InChI=1S/C12H22N2S/c1-4-6-11(13)7-5-8-12-14-9(2)10(3)15-12/h11H,4-8,13H2,1-3H3. The number of thiazole rings is 1. The van der Waals surface area contributed by atoms with Gasteiger partial charge in [-0.3, -0.25) is 0 Å². The van der Waals surface area contributed by atoms with Gasteiger partial charge in [0.1, 0.15) is 0 Å². The summed E-state index contributed by atoms with van der Waals surface area (Å²) in [7, 11) is 0. The second-order valence-electron chi connectivity index (χ2n) is 4.19. The van der Waals surface area contributed by atoms with Gasteiger partial charge in [0.05, 0.1) is 10.7 Å². The van der Waals surface area contributed by atoms with E-state index in [1.165, 1.54) is 28.4 Å². The highest BCUT2D eigenvalue weighted by molar-refractivity contribution is 7.11. The lowest BCUT2D eigenvalue weighted by Crippen LogP contribution is -2.19. The molecule has 3 heteroatoms. The van der Waals surface area contributed by atoms with E-state index >= 15 is 0 Å². The molecule has 0 saturated heterocycles. The van der Waals surface area contributed by atoms with Crippen molar-refractivity contribution in [3.8, 4) is 0 Å². The molecular formula is C12H22N2S. The summed E-state index contributed by atoms with van der Waals surface area (Å²) in [6.07, 6.45) is 5.74. The average Bonchev–Trinajstić information content (AvgIpc) is 2.46. The maximum absolute atomic E-state index is 5.97. The van der Waals surface area contributed by atoms with Crippen LogP contribution in [0.5, 0.6) is 0 Å². The molecule has 1 rings (SSSR count). The molecule has 0 amide bonds. The topological polar surface area (TPSA) is 38.9 Å². The molecule has 0 aliphatic carbocycles. The Morgan fingerprint density at radius 1 is 1.33 bits per heavy atom. The van der Waals surface area contributed by atoms with E-state index in [0.29, 0.717) is 6.04 Å². The molecule has 1 aromatic heterocycles. The van der Waals surface area contributed by atoms with E-state index in [1.807, 2.05) is 11.3 Å². The van der Waals surface area contributed by atoms with Gasteiger partial charge in [0.2, 0.25) is 0 Å². The number of aromatic nitrogens is 1. The van der Waals surface area contributed by atoms with Crippen molar-refractivity contribution in [1.82, 2.24) is 4.98 Å². The lowest BCUT2D eigenvalue weighted by Gasteiger charge is -2.08. The number of nitrogens with two attached hydrogens (primary N) is 1. The van der Waals surface area contributed by atoms with Crippen molar-refractivity contribution in [3.05, 3.63) is 15.6 Å². The molecule has 1 heterocycles. The molecule has 0 spiro atoms. The van der Waals surface area contributed by atoms with Crippen LogP contribution in [-0.2, 0) is 6.42 Å². The van der Waals surface area contributed by atoms with Gasteiger partial charge >= 0.3 is 0 Å². The lowest BCUT2D eigenvalue weighted by molar-refractivity contribution is 0.539. The first-order valence-corrected chi connectivity index (χ1v) is 6.63. The van der Waals surface area contributed by atoms with Crippen molar-refractivity contribution >= 4 is 11.3 Å². The summed E-state index contributed by atoms with van der Waals surface area (Å²) in [5, 5.41) is 1.27. The summed E-state index contributed by atoms with van der Waals surface area (Å²) in [6.45, 7) is 6.41. The average molecular weight is 226 g/mol. The van der Waals surface area contributed by atoms with Crippen LogP contribution in [0.25, 0.3) is 0 Å². The summed E-state index contributed by atoms with van der Waals surface area (Å²) >= 11 is 1.83. The van der Waals surface area contributed by atoms with Gasteiger partial charge in [0, 0.05) is 10.9 Å². The van der Waals surface area contributed by atoms with Crippen LogP contribution in [0, 0.1) is 13.8 Å². The van der Waals surface area contributed by atoms with Crippen molar-refractivity contribution < 1.29 is 0 Å². The zero-order valence-corrected chi connectivity index (χ0v) is 10.9. The van der Waals surface area contributed by atoms with Crippen molar-refractivity contribution in [2.24, 2.45) is 5.73 Å². The van der Waals surface area contributed by atoms with Gasteiger partial charge in [-0.1, -0.05) is 13.3 Å². The smallest absolute Gasteiger partial charge is 0.0930 e. The zero-order valence-electron chi connectivity index (χ0n) is 10.0. The predicted molar refractivity (Wildman–Crippen MR) is 67.4 cm³/mol. The number of rotatable bonds is 6. The molecule has 0 radical (unpaired) electrons. The molecule has 0 saturated carbocycles. The molecule has 2 N–H and O–H groups in total. The molecule has 0 aromatic carbocycles. The number of hydrogen-bond donors (Lipinski definition) is 1. The molecule has 0 aliphatic rings. The third-order valence-corrected chi connectivity index (χ3v) is 3.83. The zero-order chi connectivity index (χ0) is 11.3. The molecule has 1 unspecified atom stereocenters. The monoisotopic (exact) mass is 226 g/mol. The molecule has 2 nitrogen and oxygen atoms in total. The van der Waals surface area contributed by atoms with Gasteiger partial charge in [0.15, 0.2) is 0 Å². The fourth-order valence-electron chi connectivity index (χ4n) is 1.68. The molecule has 0 aliphatic heterocycles. The second-order valence-corrected chi connectivity index (χ2v) is 5.48. The predicted octanol–water partition coefficient (Wildman–Crippen LogP) is 3.21. The van der Waals surface area contributed by atoms with Crippen LogP contribution < -0.4 is 5.73 Å². The SMILES string of the molecule is CCCC(N)CCCc1nc(C)c(C)s1. The first-order valence-electron chi connectivity index (χ1n) is 5.82. The molecular weight excluding hydrogens is 204 g/mol. The van der Waals surface area contributed by atoms with Crippen LogP contribution in [0.15, 0.2) is 0 Å². The van der Waals surface area contributed by atoms with E-state index in [4.69, 9.17) is 5.73 Å². The van der Waals surface area contributed by atoms with Gasteiger partial charge < -0.3 is 5.73 Å². The van der Waals surface area contributed by atoms with Crippen LogP contribution in [0.4, 0.5) is 0 Å².